The molecule has 448 valence electrons. The Kier molecular flexibility index (Phi) is 53.2. The van der Waals surface area contributed by atoms with Gasteiger partial charge in [0.2, 0.25) is 0 Å². The molecule has 2 fully saturated rings. The number of aliphatic hydroxyl groups excluding tert-OH is 3. The Morgan fingerprint density at radius 3 is 1.22 bits per heavy atom. The smallest absolute Gasteiger partial charge is 0.396 e. The molecule has 0 bridgehead atoms. The summed E-state index contributed by atoms with van der Waals surface area (Å²) in [6, 6.07) is 33.6. The van der Waals surface area contributed by atoms with Crippen molar-refractivity contribution in [2.24, 2.45) is 0 Å². The summed E-state index contributed by atoms with van der Waals surface area (Å²) < 4.78 is 72.4. The monoisotopic (exact) mass is 1210 g/mol. The van der Waals surface area contributed by atoms with Gasteiger partial charge in [0.25, 0.3) is 0 Å². The lowest BCUT2D eigenvalue weighted by Crippen LogP contribution is -1.99. The maximum atomic E-state index is 11.6. The number of nitrogens with zero attached hydrogens (tertiary/aromatic N) is 1. The van der Waals surface area contributed by atoms with E-state index in [2.05, 4.69) is 35.4 Å². The number of ether oxygens (including phenoxy) is 2. The second kappa shape index (κ2) is 52.7. The van der Waals surface area contributed by atoms with E-state index in [-0.39, 0.29) is 33.9 Å². The van der Waals surface area contributed by atoms with Gasteiger partial charge in [-0.1, -0.05) is 155 Å². The number of aliphatic hydroxyl groups is 3. The third-order valence-electron chi connectivity index (χ3n) is 9.00. The highest BCUT2D eigenvalue weighted by molar-refractivity contribution is 7.81. The number of hydrogen-bond donors (Lipinski definition) is 4. The molecule has 4 aromatic carbocycles. The number of alkyl halides is 1. The van der Waals surface area contributed by atoms with Crippen molar-refractivity contribution in [2.45, 2.75) is 78.6 Å². The van der Waals surface area contributed by atoms with Crippen LogP contribution in [0, 0.1) is 0 Å². The Labute approximate surface area is 483 Å². The van der Waals surface area contributed by atoms with Crippen molar-refractivity contribution in [3.8, 4) is 0 Å². The SMILES string of the molecule is C.C=CC.C=Cc1ccc(COCCCCO)cc1.C=Cc1ccc(COCCCCOP2(=O)OCCO2)cc1.C=Cc1ccc(COP(C)(=O)O)cc1.CN(C)C.ClCc1ccccc1.O=P1(Cl)OCCO1.OCCCCO. The summed E-state index contributed by atoms with van der Waals surface area (Å²) >= 11 is 10.6. The highest BCUT2D eigenvalue weighted by Crippen LogP contribution is 2.56. The number of halogens is 2. The summed E-state index contributed by atoms with van der Waals surface area (Å²) in [6.45, 7) is 19.5. The van der Waals surface area contributed by atoms with Crippen LogP contribution in [0.4, 0.5) is 0 Å². The first-order valence-corrected chi connectivity index (χ1v) is 31.7. The molecule has 2 saturated heterocycles. The highest BCUT2D eigenvalue weighted by atomic mass is 35.7. The van der Waals surface area contributed by atoms with Crippen LogP contribution in [-0.2, 0) is 76.0 Å². The van der Waals surface area contributed by atoms with E-state index in [9.17, 15) is 13.7 Å². The number of unbranched alkanes of at least 4 members (excludes halogenated alkanes) is 3. The summed E-state index contributed by atoms with van der Waals surface area (Å²) in [7, 11) is -0.600. The molecule has 2 aliphatic heterocycles. The molecule has 1 unspecified atom stereocenters. The molecule has 6 rings (SSSR count). The van der Waals surface area contributed by atoms with Crippen molar-refractivity contribution in [1.29, 1.82) is 0 Å². The number of rotatable bonds is 24. The van der Waals surface area contributed by atoms with Crippen molar-refractivity contribution < 1.29 is 70.5 Å². The Balaban J connectivity index is -0.000000892. The van der Waals surface area contributed by atoms with Crippen molar-refractivity contribution in [3.63, 3.8) is 0 Å². The average molecular weight is 1210 g/mol. The summed E-state index contributed by atoms with van der Waals surface area (Å²) in [4.78, 5) is 10.9. The summed E-state index contributed by atoms with van der Waals surface area (Å²) in [5, 5.41) is 24.7. The average Bonchev–Trinajstić information content (AvgIpc) is 4.07. The standard InChI is InChI=1S/C15H21O5P.C13H18O2.C10H13O3P.C7H7Cl.C4H10O2.C3H9N.C3H6.C2H4ClO3P.CH4/c1-2-14-5-7-15(8-6-14)13-17-9-3-4-10-18-21(16)19-11-12-20-21;1-2-12-5-7-13(8-6-12)11-15-10-4-3-9-14;1-3-9-4-6-10(7-5-9)8-13-14(2,11)12;8-6-7-4-2-1-3-5-7;5-3-1-2-4-6;1-4(2)3;1-3-2;3-7(4)5-1-2-6-7;/h2,5-8H,1,3-4,9-13H2;2,5-8,14H,1,3-4,9-11H2;3-7H,1,8H2,2H3,(H,11,12);1-5H,6H2;5-6H,1-4H2;1-3H3;3H,1H2,2H3;1-2H2;1H4. The lowest BCUT2D eigenvalue weighted by Gasteiger charge is -2.09. The molecule has 0 amide bonds. The second-order valence-corrected chi connectivity index (χ2v) is 23.1. The first-order valence-electron chi connectivity index (χ1n) is 25.3. The summed E-state index contributed by atoms with van der Waals surface area (Å²) in [6.07, 6.45) is 11.9. The first kappa shape index (κ1) is 79.8. The molecule has 0 spiro atoms. The van der Waals surface area contributed by atoms with Gasteiger partial charge >= 0.3 is 22.4 Å². The fraction of sp³-hybridized carbons (Fsp3) is 0.448. The third kappa shape index (κ3) is 51.2. The van der Waals surface area contributed by atoms with Gasteiger partial charge in [-0.25, -0.2) is 9.13 Å². The lowest BCUT2D eigenvalue weighted by atomic mass is 10.1. The summed E-state index contributed by atoms with van der Waals surface area (Å²) in [5.41, 5.74) is 7.58. The van der Waals surface area contributed by atoms with Crippen molar-refractivity contribution in [1.82, 2.24) is 4.90 Å². The van der Waals surface area contributed by atoms with E-state index in [4.69, 9.17) is 70.6 Å². The number of phosphoric acid groups is 1. The fourth-order valence-electron chi connectivity index (χ4n) is 5.15. The Bertz CT molecular complexity index is 2190. The van der Waals surface area contributed by atoms with Gasteiger partial charge in [0, 0.05) is 56.8 Å². The van der Waals surface area contributed by atoms with Crippen molar-refractivity contribution in [2.75, 3.05) is 93.9 Å². The molecule has 2 heterocycles. The van der Waals surface area contributed by atoms with Crippen molar-refractivity contribution >= 4 is 63.4 Å². The van der Waals surface area contributed by atoms with Gasteiger partial charge in [0.15, 0.2) is 0 Å². The Morgan fingerprint density at radius 1 is 0.582 bits per heavy atom. The second-order valence-electron chi connectivity index (χ2n) is 16.7. The lowest BCUT2D eigenvalue weighted by molar-refractivity contribution is 0.110. The predicted molar refractivity (Wildman–Crippen MR) is 327 cm³/mol. The molecule has 16 nitrogen and oxygen atoms in total. The minimum atomic E-state index is -3.37. The quantitative estimate of drug-likeness (QED) is 0.0223. The van der Waals surface area contributed by atoms with Crippen LogP contribution < -0.4 is 0 Å². The van der Waals surface area contributed by atoms with E-state index in [0.717, 1.165) is 66.3 Å². The van der Waals surface area contributed by atoms with Crippen LogP contribution in [0.5, 0.6) is 0 Å². The fourth-order valence-corrected chi connectivity index (χ4v) is 7.97. The minimum absolute atomic E-state index is 0. The van der Waals surface area contributed by atoms with E-state index < -0.39 is 22.4 Å². The van der Waals surface area contributed by atoms with Crippen LogP contribution in [0.2, 0.25) is 0 Å². The molecule has 0 aliphatic carbocycles. The van der Waals surface area contributed by atoms with Gasteiger partial charge in [-0.2, -0.15) is 0 Å². The maximum absolute atomic E-state index is 11.6. The number of allylic oxidation sites excluding steroid dienone is 1. The molecular formula is C58H92Cl2NO15P3. The summed E-state index contributed by atoms with van der Waals surface area (Å²) in [5.74, 6) is 0.612. The Morgan fingerprint density at radius 2 is 0.911 bits per heavy atom. The topological polar surface area (TPSA) is 209 Å². The number of benzene rings is 4. The van der Waals surface area contributed by atoms with Crippen molar-refractivity contribution in [3.05, 3.63) is 174 Å². The molecule has 2 aliphatic rings. The first-order chi connectivity index (χ1) is 37.3. The third-order valence-corrected chi connectivity index (χ3v) is 13.0. The van der Waals surface area contributed by atoms with Gasteiger partial charge in [0.05, 0.1) is 52.9 Å². The molecule has 1 atom stereocenters. The van der Waals surface area contributed by atoms with Gasteiger partial charge in [0.1, 0.15) is 0 Å². The van der Waals surface area contributed by atoms with E-state index in [1.54, 1.807) is 12.2 Å². The molecule has 21 heteroatoms. The molecule has 0 saturated carbocycles. The molecular weight excluding hydrogens is 1110 g/mol. The van der Waals surface area contributed by atoms with E-state index in [0.29, 0.717) is 65.3 Å². The largest absolute Gasteiger partial charge is 0.474 e. The minimum Gasteiger partial charge on any atom is -0.396 e. The van der Waals surface area contributed by atoms with Gasteiger partial charge in [-0.15, -0.1) is 18.2 Å². The van der Waals surface area contributed by atoms with Gasteiger partial charge < -0.3 is 39.1 Å². The zero-order valence-corrected chi connectivity index (χ0v) is 50.6. The van der Waals surface area contributed by atoms with Crippen LogP contribution in [0.25, 0.3) is 18.2 Å². The van der Waals surface area contributed by atoms with E-state index in [1.807, 2.05) is 148 Å². The van der Waals surface area contributed by atoms with Crippen LogP contribution in [0.3, 0.4) is 0 Å². The molecule has 0 aromatic heterocycles. The van der Waals surface area contributed by atoms with E-state index >= 15 is 0 Å². The van der Waals surface area contributed by atoms with Crippen LogP contribution in [0.15, 0.2) is 136 Å². The van der Waals surface area contributed by atoms with E-state index in [1.165, 1.54) is 17.8 Å². The highest BCUT2D eigenvalue weighted by Gasteiger charge is 2.31. The van der Waals surface area contributed by atoms with Crippen LogP contribution >= 0.6 is 45.2 Å². The predicted octanol–water partition coefficient (Wildman–Crippen LogP) is 14.6. The maximum Gasteiger partial charge on any atom is 0.474 e. The molecule has 0 radical (unpaired) electrons. The zero-order chi connectivity index (χ0) is 58.8. The molecule has 4 N–H and O–H groups in total. The van der Waals surface area contributed by atoms with Gasteiger partial charge in [-0.05, 0) is 106 Å². The number of hydrogen-bond acceptors (Lipinski definition) is 15. The van der Waals surface area contributed by atoms with Crippen LogP contribution in [-0.4, -0.2) is 119 Å². The van der Waals surface area contributed by atoms with Gasteiger partial charge in [-0.3, -0.25) is 27.2 Å². The zero-order valence-electron chi connectivity index (χ0n) is 46.4. The Hall–Kier alpha value is -3.41. The molecule has 4 aromatic rings. The number of phosphoric ester groups is 1. The molecule has 79 heavy (non-hydrogen) atoms. The van der Waals surface area contributed by atoms with Crippen LogP contribution in [0.1, 0.15) is 91.8 Å². The normalized spacial score (nSPS) is 13.8.